The van der Waals surface area contributed by atoms with Crippen LogP contribution in [0.3, 0.4) is 0 Å². The van der Waals surface area contributed by atoms with Gasteiger partial charge in [-0.15, -0.1) is 11.3 Å². The maximum Gasteiger partial charge on any atom is 0.261 e. The molecule has 0 saturated heterocycles. The van der Waals surface area contributed by atoms with Gasteiger partial charge < -0.3 is 5.32 Å². The Labute approximate surface area is 82.0 Å². The third kappa shape index (κ3) is 1.61. The summed E-state index contributed by atoms with van der Waals surface area (Å²) in [5, 5.41) is 2.66. The van der Waals surface area contributed by atoms with Gasteiger partial charge in [-0.05, 0) is 37.3 Å². The molecule has 2 rings (SSSR count). The van der Waals surface area contributed by atoms with Crippen molar-refractivity contribution in [2.45, 2.75) is 25.7 Å². The maximum atomic E-state index is 11.3. The van der Waals surface area contributed by atoms with Crippen LogP contribution in [0.25, 0.3) is 0 Å². The maximum absolute atomic E-state index is 11.3. The fourth-order valence-electron chi connectivity index (χ4n) is 1.73. The minimum absolute atomic E-state index is 0.0550. The van der Waals surface area contributed by atoms with E-state index in [4.69, 9.17) is 0 Å². The normalized spacial score (nSPS) is 15.2. The molecule has 0 radical (unpaired) electrons. The Morgan fingerprint density at radius 3 is 2.92 bits per heavy atom. The zero-order valence-electron chi connectivity index (χ0n) is 7.72. The number of nitrogens with one attached hydrogen (secondary N) is 1. The summed E-state index contributed by atoms with van der Waals surface area (Å²) in [6.07, 6.45) is 4.87. The second-order valence-corrected chi connectivity index (χ2v) is 4.48. The van der Waals surface area contributed by atoms with Gasteiger partial charge in [-0.25, -0.2) is 0 Å². The van der Waals surface area contributed by atoms with Crippen LogP contribution in [0.15, 0.2) is 6.07 Å². The molecule has 1 aliphatic rings. The van der Waals surface area contributed by atoms with Gasteiger partial charge in [-0.3, -0.25) is 4.79 Å². The molecule has 1 aromatic rings. The lowest BCUT2D eigenvalue weighted by atomic mass is 9.99. The van der Waals surface area contributed by atoms with Crippen LogP contribution in [0, 0.1) is 0 Å². The van der Waals surface area contributed by atoms with E-state index in [0.29, 0.717) is 0 Å². The molecule has 0 aliphatic heterocycles. The highest BCUT2D eigenvalue weighted by molar-refractivity contribution is 7.14. The Hall–Kier alpha value is -0.830. The van der Waals surface area contributed by atoms with Gasteiger partial charge in [0.25, 0.3) is 5.91 Å². The first-order chi connectivity index (χ1) is 6.31. The van der Waals surface area contributed by atoms with Crippen molar-refractivity contribution < 1.29 is 4.79 Å². The van der Waals surface area contributed by atoms with E-state index in [9.17, 15) is 4.79 Å². The van der Waals surface area contributed by atoms with Crippen LogP contribution in [-0.4, -0.2) is 13.0 Å². The molecule has 0 atom stereocenters. The second kappa shape index (κ2) is 3.50. The molecule has 0 saturated carbocycles. The van der Waals surface area contributed by atoms with Gasteiger partial charge in [0.1, 0.15) is 0 Å². The standard InChI is InChI=1S/C10H13NOS/c1-11-10(12)9-6-7-4-2-3-5-8(7)13-9/h6H,2-5H2,1H3,(H,11,12). The van der Waals surface area contributed by atoms with Gasteiger partial charge in [0.2, 0.25) is 0 Å². The van der Waals surface area contributed by atoms with E-state index in [1.165, 1.54) is 23.3 Å². The summed E-state index contributed by atoms with van der Waals surface area (Å²) >= 11 is 1.66. The Bertz CT molecular complexity index is 306. The Morgan fingerprint density at radius 1 is 1.46 bits per heavy atom. The molecule has 0 unspecified atom stereocenters. The monoisotopic (exact) mass is 195 g/mol. The van der Waals surface area contributed by atoms with E-state index in [1.807, 2.05) is 0 Å². The average Bonchev–Trinajstić information content (AvgIpc) is 2.59. The Kier molecular flexibility index (Phi) is 2.36. The summed E-state index contributed by atoms with van der Waals surface area (Å²) in [5.41, 5.74) is 1.40. The average molecular weight is 195 g/mol. The van der Waals surface area contributed by atoms with Crippen LogP contribution >= 0.6 is 11.3 Å². The summed E-state index contributed by atoms with van der Waals surface area (Å²) < 4.78 is 0. The van der Waals surface area contributed by atoms with Crippen molar-refractivity contribution in [2.75, 3.05) is 7.05 Å². The van der Waals surface area contributed by atoms with E-state index >= 15 is 0 Å². The Morgan fingerprint density at radius 2 is 2.23 bits per heavy atom. The highest BCUT2D eigenvalue weighted by Gasteiger charge is 2.15. The summed E-state index contributed by atoms with van der Waals surface area (Å²) in [6, 6.07) is 2.05. The lowest BCUT2D eigenvalue weighted by Gasteiger charge is -2.08. The molecule has 0 spiro atoms. The molecule has 1 aliphatic carbocycles. The van der Waals surface area contributed by atoms with Crippen molar-refractivity contribution in [3.8, 4) is 0 Å². The molecule has 1 N–H and O–H groups in total. The first-order valence-electron chi connectivity index (χ1n) is 4.65. The van der Waals surface area contributed by atoms with Crippen LogP contribution in [0.4, 0.5) is 0 Å². The molecular formula is C10H13NOS. The fraction of sp³-hybridized carbons (Fsp3) is 0.500. The number of hydrogen-bond acceptors (Lipinski definition) is 2. The van der Waals surface area contributed by atoms with Crippen molar-refractivity contribution in [1.82, 2.24) is 5.32 Å². The minimum atomic E-state index is 0.0550. The first kappa shape index (κ1) is 8.75. The van der Waals surface area contributed by atoms with Crippen LogP contribution < -0.4 is 5.32 Å². The van der Waals surface area contributed by atoms with Crippen LogP contribution in [0.5, 0.6) is 0 Å². The summed E-state index contributed by atoms with van der Waals surface area (Å²) in [4.78, 5) is 13.6. The van der Waals surface area contributed by atoms with Crippen molar-refractivity contribution in [2.24, 2.45) is 0 Å². The number of fused-ring (bicyclic) bond motifs is 1. The molecular weight excluding hydrogens is 182 g/mol. The molecule has 2 nitrogen and oxygen atoms in total. The number of carbonyl (C=O) groups is 1. The predicted molar refractivity (Wildman–Crippen MR) is 54.4 cm³/mol. The molecule has 70 valence electrons. The summed E-state index contributed by atoms with van der Waals surface area (Å²) in [5.74, 6) is 0.0550. The van der Waals surface area contributed by atoms with E-state index in [1.54, 1.807) is 18.4 Å². The van der Waals surface area contributed by atoms with Gasteiger partial charge in [-0.1, -0.05) is 0 Å². The first-order valence-corrected chi connectivity index (χ1v) is 5.46. The lowest BCUT2D eigenvalue weighted by molar-refractivity contribution is 0.0967. The van der Waals surface area contributed by atoms with Crippen LogP contribution in [0.1, 0.15) is 33.0 Å². The largest absolute Gasteiger partial charge is 0.354 e. The third-order valence-corrected chi connectivity index (χ3v) is 3.68. The van der Waals surface area contributed by atoms with Gasteiger partial charge in [0.05, 0.1) is 4.88 Å². The predicted octanol–water partition coefficient (Wildman–Crippen LogP) is 1.99. The zero-order chi connectivity index (χ0) is 9.26. The third-order valence-electron chi connectivity index (χ3n) is 2.45. The molecule has 3 heteroatoms. The smallest absolute Gasteiger partial charge is 0.261 e. The Balaban J connectivity index is 2.30. The molecule has 1 amide bonds. The quantitative estimate of drug-likeness (QED) is 0.729. The van der Waals surface area contributed by atoms with Gasteiger partial charge in [0, 0.05) is 11.9 Å². The van der Waals surface area contributed by atoms with Crippen LogP contribution in [0.2, 0.25) is 0 Å². The van der Waals surface area contributed by atoms with Crippen molar-refractivity contribution >= 4 is 17.2 Å². The van der Waals surface area contributed by atoms with Crippen molar-refractivity contribution in [3.63, 3.8) is 0 Å². The molecule has 1 heterocycles. The highest BCUT2D eigenvalue weighted by atomic mass is 32.1. The van der Waals surface area contributed by atoms with E-state index < -0.39 is 0 Å². The lowest BCUT2D eigenvalue weighted by Crippen LogP contribution is -2.16. The number of hydrogen-bond donors (Lipinski definition) is 1. The number of rotatable bonds is 1. The van der Waals surface area contributed by atoms with E-state index in [0.717, 1.165) is 17.7 Å². The summed E-state index contributed by atoms with van der Waals surface area (Å²) in [7, 11) is 1.68. The minimum Gasteiger partial charge on any atom is -0.354 e. The van der Waals surface area contributed by atoms with Gasteiger partial charge in [0.15, 0.2) is 0 Å². The molecule has 0 bridgehead atoms. The highest BCUT2D eigenvalue weighted by Crippen LogP contribution is 2.29. The SMILES string of the molecule is CNC(=O)c1cc2c(s1)CCCC2. The number of amides is 1. The molecule has 1 aromatic heterocycles. The molecule has 0 fully saturated rings. The van der Waals surface area contributed by atoms with E-state index in [2.05, 4.69) is 11.4 Å². The number of carbonyl (C=O) groups excluding carboxylic acids is 1. The van der Waals surface area contributed by atoms with Gasteiger partial charge in [-0.2, -0.15) is 0 Å². The zero-order valence-corrected chi connectivity index (χ0v) is 8.54. The number of aryl methyl sites for hydroxylation is 2. The summed E-state index contributed by atoms with van der Waals surface area (Å²) in [6.45, 7) is 0. The van der Waals surface area contributed by atoms with E-state index in [-0.39, 0.29) is 5.91 Å². The topological polar surface area (TPSA) is 29.1 Å². The second-order valence-electron chi connectivity index (χ2n) is 3.35. The van der Waals surface area contributed by atoms with Gasteiger partial charge >= 0.3 is 0 Å². The molecule has 13 heavy (non-hydrogen) atoms. The van der Waals surface area contributed by atoms with Crippen LogP contribution in [-0.2, 0) is 12.8 Å². The number of thiophene rings is 1. The molecule has 0 aromatic carbocycles. The fourth-order valence-corrected chi connectivity index (χ4v) is 2.93. The van der Waals surface area contributed by atoms with Crippen molar-refractivity contribution in [3.05, 3.63) is 21.4 Å². The van der Waals surface area contributed by atoms with Crippen molar-refractivity contribution in [1.29, 1.82) is 0 Å².